The zero-order valence-electron chi connectivity index (χ0n) is 12.3. The molecular weight excluding hydrogens is 322 g/mol. The van der Waals surface area contributed by atoms with Crippen LogP contribution in [0.2, 0.25) is 0 Å². The number of rotatable bonds is 3. The molecule has 1 aliphatic rings. The highest BCUT2D eigenvalue weighted by atomic mass is 79.9. The summed E-state index contributed by atoms with van der Waals surface area (Å²) >= 11 is 3.51. The van der Waals surface area contributed by atoms with Crippen molar-refractivity contribution in [3.63, 3.8) is 0 Å². The van der Waals surface area contributed by atoms with Crippen LogP contribution in [0.3, 0.4) is 0 Å². The van der Waals surface area contributed by atoms with E-state index >= 15 is 0 Å². The topological polar surface area (TPSA) is 3.24 Å². The van der Waals surface area contributed by atoms with Crippen molar-refractivity contribution < 1.29 is 0 Å². The third-order valence-corrected chi connectivity index (χ3v) is 5.14. The highest BCUT2D eigenvalue weighted by Crippen LogP contribution is 2.34. The lowest BCUT2D eigenvalue weighted by Gasteiger charge is -2.42. The lowest BCUT2D eigenvalue weighted by atomic mass is 9.87. The molecule has 2 aromatic rings. The van der Waals surface area contributed by atoms with Crippen LogP contribution in [0.5, 0.6) is 0 Å². The summed E-state index contributed by atoms with van der Waals surface area (Å²) in [6.07, 6.45) is 3.18. The summed E-state index contributed by atoms with van der Waals surface area (Å²) in [6.45, 7) is 8.42. The van der Waals surface area contributed by atoms with Crippen LogP contribution < -0.4 is 0 Å². The van der Waals surface area contributed by atoms with E-state index in [-0.39, 0.29) is 5.54 Å². The minimum atomic E-state index is -0.131. The monoisotopic (exact) mass is 341 g/mol. The quantitative estimate of drug-likeness (QED) is 0.717. The van der Waals surface area contributed by atoms with Gasteiger partial charge in [-0.3, -0.25) is 4.90 Å². The molecule has 1 unspecified atom stereocenters. The van der Waals surface area contributed by atoms with E-state index in [1.807, 2.05) is 0 Å². The number of hydrogen-bond acceptors (Lipinski definition) is 1. The molecule has 0 saturated heterocycles. The van der Waals surface area contributed by atoms with Gasteiger partial charge in [0.25, 0.3) is 0 Å². The minimum absolute atomic E-state index is 0.131. The summed E-state index contributed by atoms with van der Waals surface area (Å²) in [5, 5.41) is 0. The first kappa shape index (κ1) is 14.6. The first-order chi connectivity index (χ1) is 10.1. The summed E-state index contributed by atoms with van der Waals surface area (Å²) in [5.41, 5.74) is 4.08. The third-order valence-electron chi connectivity index (χ3n) is 4.61. The second-order valence-corrected chi connectivity index (χ2v) is 6.71. The zero-order valence-corrected chi connectivity index (χ0v) is 13.9. The third kappa shape index (κ3) is 2.70. The fourth-order valence-electron chi connectivity index (χ4n) is 3.11. The molecule has 3 rings (SSSR count). The average Bonchev–Trinajstić information content (AvgIpc) is 2.54. The van der Waals surface area contributed by atoms with Crippen molar-refractivity contribution in [3.8, 4) is 0 Å². The first-order valence-corrected chi connectivity index (χ1v) is 8.14. The Morgan fingerprint density at radius 2 is 1.76 bits per heavy atom. The molecule has 0 N–H and O–H groups in total. The van der Waals surface area contributed by atoms with Crippen molar-refractivity contribution >= 4 is 15.9 Å². The van der Waals surface area contributed by atoms with Crippen molar-refractivity contribution in [1.29, 1.82) is 0 Å². The SMILES string of the molecule is C=CC(C)(c1ccc(Br)cc1)N1CCc2ccccc2C1. The van der Waals surface area contributed by atoms with Crippen LogP contribution in [0.15, 0.2) is 65.7 Å². The zero-order chi connectivity index (χ0) is 14.9. The molecule has 2 heteroatoms. The van der Waals surface area contributed by atoms with Crippen molar-refractivity contribution in [2.75, 3.05) is 6.54 Å². The fraction of sp³-hybridized carbons (Fsp3) is 0.263. The molecule has 0 radical (unpaired) electrons. The Hall–Kier alpha value is -1.38. The van der Waals surface area contributed by atoms with Crippen LogP contribution in [-0.2, 0) is 18.5 Å². The normalized spacial score (nSPS) is 17.8. The van der Waals surface area contributed by atoms with Gasteiger partial charge in [0.2, 0.25) is 0 Å². The van der Waals surface area contributed by atoms with E-state index in [9.17, 15) is 0 Å². The van der Waals surface area contributed by atoms with Crippen molar-refractivity contribution in [3.05, 3.63) is 82.3 Å². The van der Waals surface area contributed by atoms with Gasteiger partial charge >= 0.3 is 0 Å². The van der Waals surface area contributed by atoms with E-state index in [0.29, 0.717) is 0 Å². The van der Waals surface area contributed by atoms with Crippen molar-refractivity contribution in [1.82, 2.24) is 4.90 Å². The van der Waals surface area contributed by atoms with Crippen LogP contribution in [0.25, 0.3) is 0 Å². The second-order valence-electron chi connectivity index (χ2n) is 5.80. The fourth-order valence-corrected chi connectivity index (χ4v) is 3.37. The van der Waals surface area contributed by atoms with Crippen LogP contribution >= 0.6 is 15.9 Å². The van der Waals surface area contributed by atoms with E-state index in [0.717, 1.165) is 24.0 Å². The van der Waals surface area contributed by atoms with Gasteiger partial charge in [0.05, 0.1) is 5.54 Å². The maximum Gasteiger partial charge on any atom is 0.0617 e. The van der Waals surface area contributed by atoms with Gasteiger partial charge in [-0.2, -0.15) is 0 Å². The first-order valence-electron chi connectivity index (χ1n) is 7.35. The van der Waals surface area contributed by atoms with Crippen molar-refractivity contribution in [2.24, 2.45) is 0 Å². The molecule has 1 nitrogen and oxygen atoms in total. The Kier molecular flexibility index (Phi) is 4.01. The predicted molar refractivity (Wildman–Crippen MR) is 92.2 cm³/mol. The molecule has 21 heavy (non-hydrogen) atoms. The van der Waals surface area contributed by atoms with Gasteiger partial charge in [-0.25, -0.2) is 0 Å². The predicted octanol–water partition coefficient (Wildman–Crippen LogP) is 4.91. The van der Waals surface area contributed by atoms with Crippen LogP contribution in [0, 0.1) is 0 Å². The molecule has 1 atom stereocenters. The van der Waals surface area contributed by atoms with E-state index < -0.39 is 0 Å². The summed E-state index contributed by atoms with van der Waals surface area (Å²) < 4.78 is 1.11. The van der Waals surface area contributed by atoms with Crippen LogP contribution in [0.4, 0.5) is 0 Å². The number of hydrogen-bond donors (Lipinski definition) is 0. The number of benzene rings is 2. The summed E-state index contributed by atoms with van der Waals surface area (Å²) in [4.78, 5) is 2.52. The molecule has 1 heterocycles. The van der Waals surface area contributed by atoms with E-state index in [2.05, 4.69) is 88.9 Å². The molecule has 0 spiro atoms. The highest BCUT2D eigenvalue weighted by Gasteiger charge is 2.32. The molecule has 0 amide bonds. The smallest absolute Gasteiger partial charge is 0.0617 e. The molecule has 108 valence electrons. The molecule has 0 fully saturated rings. The minimum Gasteiger partial charge on any atom is -0.286 e. The molecular formula is C19H20BrN. The largest absolute Gasteiger partial charge is 0.286 e. The van der Waals surface area contributed by atoms with Crippen LogP contribution in [0.1, 0.15) is 23.6 Å². The molecule has 0 aromatic heterocycles. The summed E-state index contributed by atoms with van der Waals surface area (Å²) in [6, 6.07) is 17.3. The Morgan fingerprint density at radius 3 is 2.43 bits per heavy atom. The second kappa shape index (κ2) is 5.78. The van der Waals surface area contributed by atoms with E-state index in [4.69, 9.17) is 0 Å². The molecule has 0 bridgehead atoms. The van der Waals surface area contributed by atoms with Gasteiger partial charge in [-0.05, 0) is 42.2 Å². The Labute approximate surface area is 135 Å². The summed E-state index contributed by atoms with van der Waals surface area (Å²) in [7, 11) is 0. The van der Waals surface area contributed by atoms with Gasteiger partial charge < -0.3 is 0 Å². The highest BCUT2D eigenvalue weighted by molar-refractivity contribution is 9.10. The maximum atomic E-state index is 4.11. The lowest BCUT2D eigenvalue weighted by molar-refractivity contribution is 0.129. The Balaban J connectivity index is 1.94. The van der Waals surface area contributed by atoms with E-state index in [1.54, 1.807) is 0 Å². The maximum absolute atomic E-state index is 4.11. The molecule has 0 aliphatic carbocycles. The number of nitrogens with zero attached hydrogens (tertiary/aromatic N) is 1. The van der Waals surface area contributed by atoms with E-state index in [1.165, 1.54) is 16.7 Å². The Morgan fingerprint density at radius 1 is 1.10 bits per heavy atom. The number of fused-ring (bicyclic) bond motifs is 1. The standard InChI is InChI=1S/C19H20BrN/c1-3-19(2,17-8-10-18(20)11-9-17)21-13-12-15-6-4-5-7-16(15)14-21/h3-11H,1,12-14H2,2H3. The summed E-state index contributed by atoms with van der Waals surface area (Å²) in [5.74, 6) is 0. The van der Waals surface area contributed by atoms with Crippen LogP contribution in [-0.4, -0.2) is 11.4 Å². The Bertz CT molecular complexity index is 647. The van der Waals surface area contributed by atoms with Gasteiger partial charge in [0.15, 0.2) is 0 Å². The van der Waals surface area contributed by atoms with Gasteiger partial charge in [-0.15, -0.1) is 6.58 Å². The molecule has 1 aliphatic heterocycles. The number of halogens is 1. The average molecular weight is 342 g/mol. The molecule has 0 saturated carbocycles. The van der Waals surface area contributed by atoms with Crippen molar-refractivity contribution in [2.45, 2.75) is 25.4 Å². The van der Waals surface area contributed by atoms with Gasteiger partial charge in [-0.1, -0.05) is 58.4 Å². The lowest BCUT2D eigenvalue weighted by Crippen LogP contribution is -2.45. The van der Waals surface area contributed by atoms with Gasteiger partial charge in [0, 0.05) is 17.6 Å². The van der Waals surface area contributed by atoms with Gasteiger partial charge in [0.1, 0.15) is 0 Å². The molecule has 2 aromatic carbocycles.